The highest BCUT2D eigenvalue weighted by atomic mass is 79.9. The van der Waals surface area contributed by atoms with Gasteiger partial charge in [0.05, 0.1) is 17.8 Å². The first-order valence-electron chi connectivity index (χ1n) is 4.83. The van der Waals surface area contributed by atoms with Crippen molar-refractivity contribution in [3.63, 3.8) is 0 Å². The molecule has 2 heterocycles. The molecular formula is C9H14BrClN4O. The number of anilines is 1. The molecule has 1 aliphatic rings. The second-order valence-corrected chi connectivity index (χ2v) is 4.24. The Kier molecular flexibility index (Phi) is 5.24. The molecule has 2 rings (SSSR count). The van der Waals surface area contributed by atoms with Crippen LogP contribution in [0.5, 0.6) is 5.88 Å². The Hall–Kier alpha value is -0.590. The Morgan fingerprint density at radius 3 is 3.06 bits per heavy atom. The fourth-order valence-corrected chi connectivity index (χ4v) is 1.88. The third kappa shape index (κ3) is 3.20. The van der Waals surface area contributed by atoms with Crippen LogP contribution < -0.4 is 15.4 Å². The molecule has 1 atom stereocenters. The van der Waals surface area contributed by atoms with Crippen LogP contribution in [-0.4, -0.2) is 36.2 Å². The fourth-order valence-electron chi connectivity index (χ4n) is 1.52. The maximum atomic E-state index is 5.10. The highest BCUT2D eigenvalue weighted by Crippen LogP contribution is 2.22. The van der Waals surface area contributed by atoms with E-state index in [-0.39, 0.29) is 12.4 Å². The van der Waals surface area contributed by atoms with Crippen molar-refractivity contribution in [2.24, 2.45) is 0 Å². The quantitative estimate of drug-likeness (QED) is 0.885. The van der Waals surface area contributed by atoms with E-state index in [2.05, 4.69) is 36.5 Å². The molecule has 7 heteroatoms. The van der Waals surface area contributed by atoms with E-state index < -0.39 is 0 Å². The predicted octanol–water partition coefficient (Wildman–Crippen LogP) is 1.44. The van der Waals surface area contributed by atoms with Crippen molar-refractivity contribution in [3.8, 4) is 5.88 Å². The largest absolute Gasteiger partial charge is 0.480 e. The van der Waals surface area contributed by atoms with E-state index >= 15 is 0 Å². The van der Waals surface area contributed by atoms with Gasteiger partial charge < -0.3 is 15.4 Å². The van der Waals surface area contributed by atoms with Gasteiger partial charge in [-0.25, -0.2) is 4.98 Å². The van der Waals surface area contributed by atoms with Gasteiger partial charge in [-0.05, 0) is 28.9 Å². The Morgan fingerprint density at radius 1 is 1.62 bits per heavy atom. The van der Waals surface area contributed by atoms with E-state index in [0.29, 0.717) is 17.9 Å². The van der Waals surface area contributed by atoms with Gasteiger partial charge in [-0.2, -0.15) is 4.98 Å². The summed E-state index contributed by atoms with van der Waals surface area (Å²) in [7, 11) is 1.59. The first kappa shape index (κ1) is 13.5. The number of hydrogen-bond acceptors (Lipinski definition) is 5. The Labute approximate surface area is 109 Å². The first-order chi connectivity index (χ1) is 7.29. The second-order valence-electron chi connectivity index (χ2n) is 3.38. The third-order valence-corrected chi connectivity index (χ3v) is 2.84. The lowest BCUT2D eigenvalue weighted by Gasteiger charge is -2.11. The van der Waals surface area contributed by atoms with Gasteiger partial charge in [0.25, 0.3) is 0 Å². The molecule has 0 unspecified atom stereocenters. The summed E-state index contributed by atoms with van der Waals surface area (Å²) in [6.07, 6.45) is 2.79. The number of nitrogens with one attached hydrogen (secondary N) is 2. The summed E-state index contributed by atoms with van der Waals surface area (Å²) in [5, 5.41) is 6.53. The van der Waals surface area contributed by atoms with Crippen molar-refractivity contribution in [1.29, 1.82) is 0 Å². The normalized spacial score (nSPS) is 19.0. The Morgan fingerprint density at radius 2 is 2.44 bits per heavy atom. The van der Waals surface area contributed by atoms with Crippen LogP contribution in [0.4, 0.5) is 5.95 Å². The van der Waals surface area contributed by atoms with E-state index in [4.69, 9.17) is 4.74 Å². The van der Waals surface area contributed by atoms with Gasteiger partial charge in [-0.1, -0.05) is 0 Å². The lowest BCUT2D eigenvalue weighted by atomic mass is 10.3. The molecule has 0 amide bonds. The summed E-state index contributed by atoms with van der Waals surface area (Å²) in [4.78, 5) is 8.41. The van der Waals surface area contributed by atoms with Crippen molar-refractivity contribution in [2.45, 2.75) is 12.5 Å². The van der Waals surface area contributed by atoms with E-state index in [1.807, 2.05) is 0 Å². The maximum absolute atomic E-state index is 5.10. The maximum Gasteiger partial charge on any atom is 0.232 e. The molecule has 16 heavy (non-hydrogen) atoms. The molecule has 0 bridgehead atoms. The number of aromatic nitrogens is 2. The topological polar surface area (TPSA) is 59.1 Å². The van der Waals surface area contributed by atoms with Gasteiger partial charge in [-0.3, -0.25) is 0 Å². The highest BCUT2D eigenvalue weighted by Gasteiger charge is 2.15. The number of hydrogen-bond donors (Lipinski definition) is 2. The SMILES string of the molecule is COc1nc(N[C@@H]2CCNC2)ncc1Br.Cl. The van der Waals surface area contributed by atoms with Crippen molar-refractivity contribution >= 4 is 34.3 Å². The number of methoxy groups -OCH3 is 1. The van der Waals surface area contributed by atoms with E-state index in [1.165, 1.54) is 0 Å². The summed E-state index contributed by atoms with van der Waals surface area (Å²) in [5.41, 5.74) is 0. The lowest BCUT2D eigenvalue weighted by Crippen LogP contribution is -2.23. The molecule has 5 nitrogen and oxygen atoms in total. The number of halogens is 2. The highest BCUT2D eigenvalue weighted by molar-refractivity contribution is 9.10. The smallest absolute Gasteiger partial charge is 0.232 e. The minimum Gasteiger partial charge on any atom is -0.480 e. The third-order valence-electron chi connectivity index (χ3n) is 2.30. The summed E-state index contributed by atoms with van der Waals surface area (Å²) < 4.78 is 5.86. The molecule has 1 aliphatic heterocycles. The molecule has 1 aromatic heterocycles. The van der Waals surface area contributed by atoms with E-state index in [9.17, 15) is 0 Å². The minimum atomic E-state index is 0. The van der Waals surface area contributed by atoms with E-state index in [1.54, 1.807) is 13.3 Å². The van der Waals surface area contributed by atoms with Crippen LogP contribution in [0, 0.1) is 0 Å². The molecule has 0 spiro atoms. The first-order valence-corrected chi connectivity index (χ1v) is 5.62. The summed E-state index contributed by atoms with van der Waals surface area (Å²) in [6.45, 7) is 2.01. The molecule has 1 aromatic rings. The average Bonchev–Trinajstić information content (AvgIpc) is 2.73. The van der Waals surface area contributed by atoms with Gasteiger partial charge >= 0.3 is 0 Å². The molecule has 0 saturated carbocycles. The van der Waals surface area contributed by atoms with Gasteiger partial charge in [0.15, 0.2) is 0 Å². The molecule has 1 saturated heterocycles. The summed E-state index contributed by atoms with van der Waals surface area (Å²) in [5.74, 6) is 1.17. The van der Waals surface area contributed by atoms with Crippen LogP contribution in [-0.2, 0) is 0 Å². The van der Waals surface area contributed by atoms with Crippen molar-refractivity contribution in [2.75, 3.05) is 25.5 Å². The zero-order valence-corrected chi connectivity index (χ0v) is 11.3. The van der Waals surface area contributed by atoms with Crippen molar-refractivity contribution < 1.29 is 4.74 Å². The zero-order chi connectivity index (χ0) is 10.7. The van der Waals surface area contributed by atoms with Crippen molar-refractivity contribution in [3.05, 3.63) is 10.7 Å². The molecule has 0 aromatic carbocycles. The minimum absolute atomic E-state index is 0. The van der Waals surface area contributed by atoms with Crippen LogP contribution in [0.25, 0.3) is 0 Å². The number of nitrogens with zero attached hydrogens (tertiary/aromatic N) is 2. The molecule has 0 aliphatic carbocycles. The molecular weight excluding hydrogens is 295 g/mol. The molecule has 0 radical (unpaired) electrons. The fraction of sp³-hybridized carbons (Fsp3) is 0.556. The average molecular weight is 310 g/mol. The van der Waals surface area contributed by atoms with Crippen LogP contribution in [0.1, 0.15) is 6.42 Å². The van der Waals surface area contributed by atoms with Gasteiger partial charge in [0.1, 0.15) is 0 Å². The monoisotopic (exact) mass is 308 g/mol. The summed E-state index contributed by atoms with van der Waals surface area (Å²) >= 11 is 3.31. The summed E-state index contributed by atoms with van der Waals surface area (Å²) in [6, 6.07) is 0.413. The van der Waals surface area contributed by atoms with Crippen LogP contribution in [0.2, 0.25) is 0 Å². The predicted molar refractivity (Wildman–Crippen MR) is 68.4 cm³/mol. The molecule has 90 valence electrons. The van der Waals surface area contributed by atoms with E-state index in [0.717, 1.165) is 24.0 Å². The van der Waals surface area contributed by atoms with Crippen LogP contribution >= 0.6 is 28.3 Å². The zero-order valence-electron chi connectivity index (χ0n) is 8.86. The Balaban J connectivity index is 0.00000128. The van der Waals surface area contributed by atoms with Gasteiger partial charge in [0, 0.05) is 12.6 Å². The molecule has 2 N–H and O–H groups in total. The lowest BCUT2D eigenvalue weighted by molar-refractivity contribution is 0.394. The number of rotatable bonds is 3. The van der Waals surface area contributed by atoms with Crippen LogP contribution in [0.15, 0.2) is 10.7 Å². The van der Waals surface area contributed by atoms with Crippen molar-refractivity contribution in [1.82, 2.24) is 15.3 Å². The van der Waals surface area contributed by atoms with Gasteiger partial charge in [0.2, 0.25) is 11.8 Å². The second kappa shape index (κ2) is 6.22. The van der Waals surface area contributed by atoms with Gasteiger partial charge in [-0.15, -0.1) is 12.4 Å². The molecule has 1 fully saturated rings. The Bertz CT molecular complexity index is 346. The standard InChI is InChI=1S/C9H13BrN4O.ClH/c1-15-8-7(10)5-12-9(14-8)13-6-2-3-11-4-6;/h5-6,11H,2-4H2,1H3,(H,12,13,14);1H/t6-;/m1./s1. The number of ether oxygens (including phenoxy) is 1. The van der Waals surface area contributed by atoms with Crippen LogP contribution in [0.3, 0.4) is 0 Å².